The molecule has 2 aromatic heterocycles. The molecule has 2 heterocycles. The molecule has 4 rings (SSSR count). The Morgan fingerprint density at radius 2 is 1.91 bits per heavy atom. The van der Waals surface area contributed by atoms with E-state index in [2.05, 4.69) is 20.0 Å². The molecule has 11 nitrogen and oxygen atoms in total. The highest BCUT2D eigenvalue weighted by atomic mass is 32.2. The summed E-state index contributed by atoms with van der Waals surface area (Å²) in [6.45, 7) is -0.261. The molecule has 32 heavy (non-hydrogen) atoms. The van der Waals surface area contributed by atoms with Crippen molar-refractivity contribution >= 4 is 21.4 Å². The van der Waals surface area contributed by atoms with Gasteiger partial charge in [0, 0.05) is 24.2 Å². The first kappa shape index (κ1) is 21.3. The van der Waals surface area contributed by atoms with Crippen molar-refractivity contribution in [1.82, 2.24) is 24.5 Å². The highest BCUT2D eigenvalue weighted by Crippen LogP contribution is 2.23. The van der Waals surface area contributed by atoms with Gasteiger partial charge < -0.3 is 4.74 Å². The number of fused-ring (bicyclic) bond motifs is 1. The molecule has 0 bridgehead atoms. The van der Waals surface area contributed by atoms with E-state index >= 15 is 0 Å². The Morgan fingerprint density at radius 3 is 2.69 bits per heavy atom. The zero-order valence-corrected chi connectivity index (χ0v) is 17.1. The molecule has 164 valence electrons. The summed E-state index contributed by atoms with van der Waals surface area (Å²) in [5, 5.41) is 23.3. The van der Waals surface area contributed by atoms with Gasteiger partial charge in [-0.25, -0.2) is 17.5 Å². The van der Waals surface area contributed by atoms with Crippen LogP contribution >= 0.6 is 0 Å². The fraction of sp³-hybridized carbons (Fsp3) is 0.105. The predicted octanol–water partition coefficient (Wildman–Crippen LogP) is 2.20. The fourth-order valence-corrected chi connectivity index (χ4v) is 4.08. The number of halogens is 1. The molecule has 0 spiro atoms. The van der Waals surface area contributed by atoms with Crippen molar-refractivity contribution in [3.63, 3.8) is 0 Å². The number of para-hydroxylation sites is 1. The lowest BCUT2D eigenvalue weighted by Crippen LogP contribution is -2.29. The van der Waals surface area contributed by atoms with Gasteiger partial charge in [0.05, 0.1) is 4.92 Å². The molecule has 0 saturated carbocycles. The first-order valence-electron chi connectivity index (χ1n) is 9.19. The molecule has 2 aromatic carbocycles. The van der Waals surface area contributed by atoms with Crippen LogP contribution in [0.2, 0.25) is 0 Å². The van der Waals surface area contributed by atoms with E-state index < -0.39 is 31.3 Å². The van der Waals surface area contributed by atoms with Gasteiger partial charge in [-0.15, -0.1) is 15.3 Å². The summed E-state index contributed by atoms with van der Waals surface area (Å²) in [7, 11) is -4.12. The number of ether oxygens (including phenoxy) is 1. The molecule has 0 aliphatic carbocycles. The lowest BCUT2D eigenvalue weighted by atomic mass is 10.2. The first-order chi connectivity index (χ1) is 15.3. The van der Waals surface area contributed by atoms with E-state index in [1.165, 1.54) is 40.9 Å². The first-order valence-corrected chi connectivity index (χ1v) is 10.7. The largest absolute Gasteiger partial charge is 0.475 e. The third kappa shape index (κ3) is 4.38. The topological polar surface area (TPSA) is 142 Å². The van der Waals surface area contributed by atoms with Crippen molar-refractivity contribution in [2.75, 3.05) is 13.2 Å². The quantitative estimate of drug-likeness (QED) is 0.241. The summed E-state index contributed by atoms with van der Waals surface area (Å²) in [4.78, 5) is 9.86. The second-order valence-corrected chi connectivity index (χ2v) is 8.18. The number of nitro benzene ring substituents is 1. The molecular formula is C19H15FN6O5S. The van der Waals surface area contributed by atoms with Gasteiger partial charge in [-0.05, 0) is 24.3 Å². The van der Waals surface area contributed by atoms with Gasteiger partial charge in [-0.3, -0.25) is 10.1 Å². The summed E-state index contributed by atoms with van der Waals surface area (Å²) in [6.07, 6.45) is 0. The third-order valence-corrected chi connectivity index (χ3v) is 5.83. The number of sulfonamides is 1. The van der Waals surface area contributed by atoms with Crippen LogP contribution in [0.1, 0.15) is 0 Å². The minimum Gasteiger partial charge on any atom is -0.475 e. The Morgan fingerprint density at radius 1 is 1.09 bits per heavy atom. The Labute approximate surface area is 180 Å². The van der Waals surface area contributed by atoms with Gasteiger partial charge in [0.15, 0.2) is 16.4 Å². The second-order valence-electron chi connectivity index (χ2n) is 6.45. The predicted molar refractivity (Wildman–Crippen MR) is 110 cm³/mol. The number of aromatic nitrogens is 4. The lowest BCUT2D eigenvalue weighted by Gasteiger charge is -2.09. The van der Waals surface area contributed by atoms with E-state index in [0.29, 0.717) is 17.0 Å². The molecule has 1 N–H and O–H groups in total. The van der Waals surface area contributed by atoms with Crippen molar-refractivity contribution in [1.29, 1.82) is 0 Å². The summed E-state index contributed by atoms with van der Waals surface area (Å²) in [5.41, 5.74) is 0.360. The standard InChI is InChI=1S/C19H15FN6O5S/c20-14-5-3-4-13(12-14)19-23-22-17-8-9-18(24-25(17)19)31-11-10-21-32(29,30)16-7-2-1-6-15(16)26(27)28/h1-9,12,21H,10-11H2. The van der Waals surface area contributed by atoms with Gasteiger partial charge in [0.25, 0.3) is 5.69 Å². The van der Waals surface area contributed by atoms with Crippen LogP contribution in [0, 0.1) is 15.9 Å². The van der Waals surface area contributed by atoms with Crippen molar-refractivity contribution in [3.8, 4) is 17.3 Å². The summed E-state index contributed by atoms with van der Waals surface area (Å²) >= 11 is 0. The zero-order valence-electron chi connectivity index (χ0n) is 16.3. The van der Waals surface area contributed by atoms with Crippen LogP contribution in [0.4, 0.5) is 10.1 Å². The highest BCUT2D eigenvalue weighted by Gasteiger charge is 2.24. The van der Waals surface area contributed by atoms with Crippen LogP contribution in [0.15, 0.2) is 65.6 Å². The Balaban J connectivity index is 1.45. The number of benzene rings is 2. The highest BCUT2D eigenvalue weighted by molar-refractivity contribution is 7.89. The monoisotopic (exact) mass is 458 g/mol. The van der Waals surface area contributed by atoms with Crippen LogP contribution < -0.4 is 9.46 Å². The van der Waals surface area contributed by atoms with E-state index in [-0.39, 0.29) is 19.0 Å². The zero-order chi connectivity index (χ0) is 22.7. The minimum atomic E-state index is -4.12. The molecule has 0 atom stereocenters. The third-order valence-electron chi connectivity index (χ3n) is 4.32. The normalized spacial score (nSPS) is 11.5. The fourth-order valence-electron chi connectivity index (χ4n) is 2.90. The molecule has 4 aromatic rings. The second kappa shape index (κ2) is 8.64. The van der Waals surface area contributed by atoms with Gasteiger partial charge in [0.2, 0.25) is 15.9 Å². The molecule has 0 radical (unpaired) electrons. The van der Waals surface area contributed by atoms with Gasteiger partial charge in [-0.2, -0.15) is 4.52 Å². The van der Waals surface area contributed by atoms with Gasteiger partial charge >= 0.3 is 0 Å². The molecule has 0 unspecified atom stereocenters. The number of nitrogens with zero attached hydrogens (tertiary/aromatic N) is 5. The van der Waals surface area contributed by atoms with Crippen molar-refractivity contribution in [3.05, 3.63) is 76.6 Å². The van der Waals surface area contributed by atoms with Crippen molar-refractivity contribution in [2.45, 2.75) is 4.90 Å². The van der Waals surface area contributed by atoms with E-state index in [9.17, 15) is 22.9 Å². The number of rotatable bonds is 8. The SMILES string of the molecule is O=[N+]([O-])c1ccccc1S(=O)(=O)NCCOc1ccc2nnc(-c3cccc(F)c3)n2n1. The van der Waals surface area contributed by atoms with Crippen LogP contribution in [-0.2, 0) is 10.0 Å². The molecule has 0 fully saturated rings. The van der Waals surface area contributed by atoms with Crippen LogP contribution in [0.25, 0.3) is 17.0 Å². The van der Waals surface area contributed by atoms with Gasteiger partial charge in [0.1, 0.15) is 12.4 Å². The maximum absolute atomic E-state index is 13.5. The molecular weight excluding hydrogens is 443 g/mol. The molecule has 13 heteroatoms. The number of hydrogen-bond donors (Lipinski definition) is 1. The lowest BCUT2D eigenvalue weighted by molar-refractivity contribution is -0.387. The van der Waals surface area contributed by atoms with Crippen molar-refractivity contribution < 1.29 is 22.5 Å². The van der Waals surface area contributed by atoms with E-state index in [4.69, 9.17) is 4.74 Å². The van der Waals surface area contributed by atoms with Crippen molar-refractivity contribution in [2.24, 2.45) is 0 Å². The van der Waals surface area contributed by atoms with E-state index in [0.717, 1.165) is 12.1 Å². The average Bonchev–Trinajstić information content (AvgIpc) is 3.20. The maximum atomic E-state index is 13.5. The summed E-state index contributed by atoms with van der Waals surface area (Å²) in [5.74, 6) is 0.0273. The minimum absolute atomic E-state index is 0.101. The molecule has 0 aliphatic heterocycles. The Bertz CT molecular complexity index is 1410. The van der Waals surface area contributed by atoms with Crippen LogP contribution in [-0.4, -0.2) is 46.3 Å². The van der Waals surface area contributed by atoms with Gasteiger partial charge in [-0.1, -0.05) is 24.3 Å². The maximum Gasteiger partial charge on any atom is 0.289 e. The number of hydrogen-bond acceptors (Lipinski definition) is 8. The van der Waals surface area contributed by atoms with Crippen LogP contribution in [0.5, 0.6) is 5.88 Å². The van der Waals surface area contributed by atoms with Crippen LogP contribution in [0.3, 0.4) is 0 Å². The average molecular weight is 458 g/mol. The van der Waals surface area contributed by atoms with E-state index in [1.54, 1.807) is 12.1 Å². The van der Waals surface area contributed by atoms with E-state index in [1.807, 2.05) is 0 Å². The molecule has 0 amide bonds. The number of nitrogens with one attached hydrogen (secondary N) is 1. The summed E-state index contributed by atoms with van der Waals surface area (Å²) in [6, 6.07) is 13.9. The smallest absolute Gasteiger partial charge is 0.289 e. The Hall–Kier alpha value is -3.97. The number of nitro groups is 1. The summed E-state index contributed by atoms with van der Waals surface area (Å²) < 4.78 is 47.5. The molecule has 0 aliphatic rings. The Kier molecular flexibility index (Phi) is 5.75. The molecule has 0 saturated heterocycles.